The van der Waals surface area contributed by atoms with Gasteiger partial charge in [0.25, 0.3) is 11.6 Å². The van der Waals surface area contributed by atoms with Gasteiger partial charge in [-0.3, -0.25) is 19.8 Å². The second kappa shape index (κ2) is 9.54. The van der Waals surface area contributed by atoms with Crippen molar-refractivity contribution >= 4 is 27.3 Å². The zero-order valence-corrected chi connectivity index (χ0v) is 18.4. The van der Waals surface area contributed by atoms with Crippen LogP contribution in [0, 0.1) is 17.0 Å². The summed E-state index contributed by atoms with van der Waals surface area (Å²) in [4.78, 5) is 25.5. The average Bonchev–Trinajstić information content (AvgIpc) is 2.75. The van der Waals surface area contributed by atoms with E-state index in [0.717, 1.165) is 5.56 Å². The molecule has 0 atom stereocenters. The fourth-order valence-electron chi connectivity index (χ4n) is 3.57. The van der Waals surface area contributed by atoms with E-state index in [4.69, 9.17) is 0 Å². The fraction of sp³-hybridized carbons (Fsp3) is 0.381. The molecule has 1 saturated heterocycles. The number of carbonyl (C=O) groups excluding carboxylic acids is 1. The van der Waals surface area contributed by atoms with Crippen LogP contribution >= 0.6 is 0 Å². The number of rotatable bonds is 7. The Hall–Kier alpha value is -2.82. The maximum atomic E-state index is 12.7. The summed E-state index contributed by atoms with van der Waals surface area (Å²) in [5.74, 6) is -0.238. The van der Waals surface area contributed by atoms with Gasteiger partial charge in [-0.1, -0.05) is 18.2 Å². The molecule has 0 saturated carbocycles. The van der Waals surface area contributed by atoms with E-state index < -0.39 is 14.9 Å². The van der Waals surface area contributed by atoms with Crippen LogP contribution in [0.3, 0.4) is 0 Å². The number of nitrogens with one attached hydrogen (secondary N) is 1. The van der Waals surface area contributed by atoms with Gasteiger partial charge < -0.3 is 5.32 Å². The number of nitrogens with zero attached hydrogens (tertiary/aromatic N) is 3. The van der Waals surface area contributed by atoms with Crippen LogP contribution in [-0.4, -0.2) is 60.4 Å². The number of piperazine rings is 1. The molecule has 31 heavy (non-hydrogen) atoms. The fourth-order valence-corrected chi connectivity index (χ4v) is 4.65. The molecule has 1 N–H and O–H groups in total. The van der Waals surface area contributed by atoms with Crippen LogP contribution in [0.5, 0.6) is 0 Å². The van der Waals surface area contributed by atoms with Crippen LogP contribution in [0.15, 0.2) is 42.5 Å². The molecule has 0 bridgehead atoms. The standard InChI is InChI=1S/C21H26N4O5S/c1-3-31(29,30)24-12-10-23(11-13-24)15-17-6-4-7-18(14-17)21(26)22-19-8-5-9-20(16(19)2)25(27)28/h4-9,14H,3,10-13,15H2,1-2H3,(H,22,26). The molecule has 10 heteroatoms. The highest BCUT2D eigenvalue weighted by Gasteiger charge is 2.25. The lowest BCUT2D eigenvalue weighted by Crippen LogP contribution is -2.48. The van der Waals surface area contributed by atoms with Crippen LogP contribution in [0.1, 0.15) is 28.4 Å². The number of benzene rings is 2. The Labute approximate surface area is 181 Å². The molecule has 0 aromatic heterocycles. The maximum Gasteiger partial charge on any atom is 0.274 e. The van der Waals surface area contributed by atoms with E-state index in [0.29, 0.717) is 49.5 Å². The molecule has 1 aliphatic rings. The lowest BCUT2D eigenvalue weighted by molar-refractivity contribution is -0.385. The predicted octanol–water partition coefficient (Wildman–Crippen LogP) is 2.62. The summed E-state index contributed by atoms with van der Waals surface area (Å²) < 4.78 is 25.5. The quantitative estimate of drug-likeness (QED) is 0.517. The third-order valence-corrected chi connectivity index (χ3v) is 7.32. The largest absolute Gasteiger partial charge is 0.321 e. The van der Waals surface area contributed by atoms with E-state index in [2.05, 4.69) is 10.2 Å². The van der Waals surface area contributed by atoms with Crippen molar-refractivity contribution in [2.45, 2.75) is 20.4 Å². The monoisotopic (exact) mass is 446 g/mol. The highest BCUT2D eigenvalue weighted by molar-refractivity contribution is 7.89. The summed E-state index contributed by atoms with van der Waals surface area (Å²) in [5.41, 5.74) is 2.15. The van der Waals surface area contributed by atoms with E-state index in [1.165, 1.54) is 16.4 Å². The summed E-state index contributed by atoms with van der Waals surface area (Å²) in [7, 11) is -3.17. The molecule has 0 aliphatic carbocycles. The van der Waals surface area contributed by atoms with Gasteiger partial charge in [-0.15, -0.1) is 0 Å². The van der Waals surface area contributed by atoms with Crippen molar-refractivity contribution in [2.24, 2.45) is 0 Å². The van der Waals surface area contributed by atoms with Gasteiger partial charge in [-0.2, -0.15) is 4.31 Å². The van der Waals surface area contributed by atoms with Crippen molar-refractivity contribution in [3.05, 3.63) is 69.3 Å². The second-order valence-corrected chi connectivity index (χ2v) is 9.69. The zero-order chi connectivity index (χ0) is 22.6. The summed E-state index contributed by atoms with van der Waals surface area (Å²) in [6, 6.07) is 11.8. The van der Waals surface area contributed by atoms with E-state index in [1.807, 2.05) is 6.07 Å². The van der Waals surface area contributed by atoms with Gasteiger partial charge in [0.15, 0.2) is 0 Å². The van der Waals surface area contributed by atoms with Gasteiger partial charge >= 0.3 is 0 Å². The van der Waals surface area contributed by atoms with Crippen LogP contribution in [-0.2, 0) is 16.6 Å². The van der Waals surface area contributed by atoms with Gasteiger partial charge in [0.05, 0.1) is 21.9 Å². The lowest BCUT2D eigenvalue weighted by atomic mass is 10.1. The normalized spacial score (nSPS) is 15.5. The molecule has 0 radical (unpaired) electrons. The van der Waals surface area contributed by atoms with Gasteiger partial charge in [0.1, 0.15) is 0 Å². The molecule has 0 unspecified atom stereocenters. The molecule has 166 valence electrons. The van der Waals surface area contributed by atoms with Gasteiger partial charge in [0.2, 0.25) is 10.0 Å². The van der Waals surface area contributed by atoms with E-state index in [1.54, 1.807) is 38.1 Å². The topological polar surface area (TPSA) is 113 Å². The van der Waals surface area contributed by atoms with Gasteiger partial charge in [-0.05, 0) is 37.6 Å². The summed E-state index contributed by atoms with van der Waals surface area (Å²) in [6.07, 6.45) is 0. The first-order valence-electron chi connectivity index (χ1n) is 10.1. The number of anilines is 1. The number of carbonyl (C=O) groups is 1. The van der Waals surface area contributed by atoms with Gasteiger partial charge in [-0.25, -0.2) is 8.42 Å². The Morgan fingerprint density at radius 2 is 1.81 bits per heavy atom. The molecule has 1 amide bonds. The molecule has 1 aliphatic heterocycles. The predicted molar refractivity (Wildman–Crippen MR) is 119 cm³/mol. The molecule has 1 heterocycles. The smallest absolute Gasteiger partial charge is 0.274 e. The number of nitro benzene ring substituents is 1. The van der Waals surface area contributed by atoms with Crippen LogP contribution in [0.4, 0.5) is 11.4 Å². The third-order valence-electron chi connectivity index (χ3n) is 5.43. The Morgan fingerprint density at radius 3 is 2.45 bits per heavy atom. The number of amides is 1. The summed E-state index contributed by atoms with van der Waals surface area (Å²) in [6.45, 7) is 6.03. The van der Waals surface area contributed by atoms with Crippen LogP contribution < -0.4 is 5.32 Å². The number of hydrogen-bond donors (Lipinski definition) is 1. The third kappa shape index (κ3) is 5.46. The SMILES string of the molecule is CCS(=O)(=O)N1CCN(Cc2cccc(C(=O)Nc3cccc([N+](=O)[O-])c3C)c2)CC1. The summed E-state index contributed by atoms with van der Waals surface area (Å²) in [5, 5.41) is 13.9. The molecule has 2 aromatic rings. The molecular formula is C21H26N4O5S. The minimum Gasteiger partial charge on any atom is -0.321 e. The van der Waals surface area contributed by atoms with Crippen molar-refractivity contribution in [3.63, 3.8) is 0 Å². The summed E-state index contributed by atoms with van der Waals surface area (Å²) >= 11 is 0. The van der Waals surface area contributed by atoms with Crippen molar-refractivity contribution in [3.8, 4) is 0 Å². The van der Waals surface area contributed by atoms with Crippen molar-refractivity contribution in [1.82, 2.24) is 9.21 Å². The second-order valence-electron chi connectivity index (χ2n) is 7.44. The number of sulfonamides is 1. The Bertz CT molecular complexity index is 1080. The minimum absolute atomic E-state index is 0.0456. The Morgan fingerprint density at radius 1 is 1.13 bits per heavy atom. The molecular weight excluding hydrogens is 420 g/mol. The van der Waals surface area contributed by atoms with Crippen LogP contribution in [0.2, 0.25) is 0 Å². The molecule has 2 aromatic carbocycles. The van der Waals surface area contributed by atoms with E-state index in [9.17, 15) is 23.3 Å². The van der Waals surface area contributed by atoms with E-state index in [-0.39, 0.29) is 17.3 Å². The van der Waals surface area contributed by atoms with Crippen molar-refractivity contribution in [1.29, 1.82) is 0 Å². The highest BCUT2D eigenvalue weighted by atomic mass is 32.2. The van der Waals surface area contributed by atoms with E-state index >= 15 is 0 Å². The first kappa shape index (κ1) is 22.9. The van der Waals surface area contributed by atoms with Gasteiger partial charge in [0, 0.05) is 44.4 Å². The first-order valence-corrected chi connectivity index (χ1v) is 11.7. The van der Waals surface area contributed by atoms with Crippen molar-refractivity contribution in [2.75, 3.05) is 37.2 Å². The minimum atomic E-state index is -3.17. The Kier molecular flexibility index (Phi) is 7.04. The first-order chi connectivity index (χ1) is 14.7. The zero-order valence-electron chi connectivity index (χ0n) is 17.6. The highest BCUT2D eigenvalue weighted by Crippen LogP contribution is 2.25. The number of nitro groups is 1. The lowest BCUT2D eigenvalue weighted by Gasteiger charge is -2.33. The molecule has 9 nitrogen and oxygen atoms in total. The average molecular weight is 447 g/mol. The maximum absolute atomic E-state index is 12.7. The molecule has 0 spiro atoms. The van der Waals surface area contributed by atoms with Crippen molar-refractivity contribution < 1.29 is 18.1 Å². The molecule has 3 rings (SSSR count). The Balaban J connectivity index is 1.65. The number of hydrogen-bond acceptors (Lipinski definition) is 6. The van der Waals surface area contributed by atoms with Crippen LogP contribution in [0.25, 0.3) is 0 Å². The molecule has 1 fully saturated rings.